The molecule has 2 aromatic rings. The molecule has 0 bridgehead atoms. The average Bonchev–Trinajstić information content (AvgIpc) is 2.80. The summed E-state index contributed by atoms with van der Waals surface area (Å²) < 4.78 is 46.6. The van der Waals surface area contributed by atoms with Crippen LogP contribution in [0, 0.1) is 5.82 Å². The lowest BCUT2D eigenvalue weighted by Crippen LogP contribution is -2.53. The largest absolute Gasteiger partial charge is 0.497 e. The van der Waals surface area contributed by atoms with Crippen molar-refractivity contribution >= 4 is 27.7 Å². The van der Waals surface area contributed by atoms with E-state index in [4.69, 9.17) is 4.74 Å². The Morgan fingerprint density at radius 1 is 1.00 bits per heavy atom. The van der Waals surface area contributed by atoms with Crippen molar-refractivity contribution < 1.29 is 27.1 Å². The highest BCUT2D eigenvalue weighted by Gasteiger charge is 2.32. The number of methoxy groups -OCH3 is 1. The molecule has 2 aromatic carbocycles. The third-order valence-corrected chi connectivity index (χ3v) is 7.06. The zero-order valence-corrected chi connectivity index (χ0v) is 21.7. The van der Waals surface area contributed by atoms with Gasteiger partial charge in [-0.2, -0.15) is 12.7 Å². The lowest BCUT2D eigenvalue weighted by molar-refractivity contribution is -0.139. The van der Waals surface area contributed by atoms with E-state index in [0.29, 0.717) is 5.75 Å². The summed E-state index contributed by atoms with van der Waals surface area (Å²) in [5, 5.41) is 2.79. The van der Waals surface area contributed by atoms with Gasteiger partial charge in [0.05, 0.1) is 12.8 Å². The van der Waals surface area contributed by atoms with Crippen LogP contribution in [0.2, 0.25) is 0 Å². The predicted octanol–water partition coefficient (Wildman–Crippen LogP) is 2.39. The number of anilines is 1. The standard InChI is InChI=1S/C24H33FN4O5S/c1-17(2)26-24(31)18(3)28(15-19-7-13-22(34-6)14-8-19)23(30)16-29(35(32,33)27(4)5)21-11-9-20(25)10-12-21/h7-14,17-18H,15-16H2,1-6H3,(H,26,31)/t18-/m1/s1. The molecule has 0 aliphatic heterocycles. The fourth-order valence-corrected chi connectivity index (χ4v) is 4.30. The first kappa shape index (κ1) is 28.1. The van der Waals surface area contributed by atoms with Crippen LogP contribution < -0.4 is 14.4 Å². The minimum atomic E-state index is -4.10. The fourth-order valence-electron chi connectivity index (χ4n) is 3.24. The van der Waals surface area contributed by atoms with Crippen molar-refractivity contribution in [1.82, 2.24) is 14.5 Å². The van der Waals surface area contributed by atoms with Crippen LogP contribution >= 0.6 is 0 Å². The van der Waals surface area contributed by atoms with Gasteiger partial charge in [0.15, 0.2) is 0 Å². The molecule has 0 aliphatic rings. The Hall–Kier alpha value is -3.18. The quantitative estimate of drug-likeness (QED) is 0.503. The molecule has 0 aromatic heterocycles. The lowest BCUT2D eigenvalue weighted by Gasteiger charge is -2.33. The maximum absolute atomic E-state index is 13.5. The minimum Gasteiger partial charge on any atom is -0.497 e. The SMILES string of the molecule is COc1ccc(CN(C(=O)CN(c2ccc(F)cc2)S(=O)(=O)N(C)C)[C@H](C)C(=O)NC(C)C)cc1. The van der Waals surface area contributed by atoms with Crippen molar-refractivity contribution in [3.63, 3.8) is 0 Å². The molecular formula is C24H33FN4O5S. The van der Waals surface area contributed by atoms with E-state index in [0.717, 1.165) is 26.3 Å². The van der Waals surface area contributed by atoms with E-state index < -0.39 is 34.5 Å². The Morgan fingerprint density at radius 2 is 1.57 bits per heavy atom. The topological polar surface area (TPSA) is 99.3 Å². The third-order valence-electron chi connectivity index (χ3n) is 5.24. The molecule has 0 spiro atoms. The van der Waals surface area contributed by atoms with Crippen molar-refractivity contribution in [3.8, 4) is 5.75 Å². The molecule has 0 fully saturated rings. The maximum Gasteiger partial charge on any atom is 0.304 e. The number of carbonyl (C=O) groups excluding carboxylic acids is 2. The Kier molecular flexibility index (Phi) is 9.61. The molecule has 0 unspecified atom stereocenters. The Bertz CT molecular complexity index is 1110. The van der Waals surface area contributed by atoms with Crippen molar-refractivity contribution in [1.29, 1.82) is 0 Å². The summed E-state index contributed by atoms with van der Waals surface area (Å²) in [6, 6.07) is 10.8. The van der Waals surface area contributed by atoms with E-state index in [9.17, 15) is 22.4 Å². The smallest absolute Gasteiger partial charge is 0.304 e. The van der Waals surface area contributed by atoms with Gasteiger partial charge in [-0.25, -0.2) is 8.70 Å². The highest BCUT2D eigenvalue weighted by atomic mass is 32.2. The van der Waals surface area contributed by atoms with Crippen LogP contribution in [0.1, 0.15) is 26.3 Å². The second-order valence-electron chi connectivity index (χ2n) is 8.48. The van der Waals surface area contributed by atoms with Crippen LogP contribution in [-0.4, -0.2) is 69.3 Å². The molecule has 11 heteroatoms. The van der Waals surface area contributed by atoms with Gasteiger partial charge >= 0.3 is 10.2 Å². The van der Waals surface area contributed by atoms with Crippen molar-refractivity contribution in [2.24, 2.45) is 0 Å². The van der Waals surface area contributed by atoms with Crippen LogP contribution in [0.5, 0.6) is 5.75 Å². The van der Waals surface area contributed by atoms with E-state index in [2.05, 4.69) is 5.32 Å². The van der Waals surface area contributed by atoms with Crippen LogP contribution in [0.25, 0.3) is 0 Å². The molecule has 1 N–H and O–H groups in total. The van der Waals surface area contributed by atoms with Gasteiger partial charge in [0.1, 0.15) is 24.2 Å². The molecule has 0 aliphatic carbocycles. The first-order valence-corrected chi connectivity index (χ1v) is 12.4. The monoisotopic (exact) mass is 508 g/mol. The molecule has 0 radical (unpaired) electrons. The number of amides is 2. The molecule has 192 valence electrons. The highest BCUT2D eigenvalue weighted by molar-refractivity contribution is 7.90. The molecule has 1 atom stereocenters. The number of ether oxygens (including phenoxy) is 1. The molecule has 0 saturated heterocycles. The predicted molar refractivity (Wildman–Crippen MR) is 133 cm³/mol. The van der Waals surface area contributed by atoms with Gasteiger partial charge < -0.3 is 15.0 Å². The fraction of sp³-hybridized carbons (Fsp3) is 0.417. The molecule has 9 nitrogen and oxygen atoms in total. The normalized spacial score (nSPS) is 12.4. The highest BCUT2D eigenvalue weighted by Crippen LogP contribution is 2.22. The summed E-state index contributed by atoms with van der Waals surface area (Å²) >= 11 is 0. The first-order valence-electron chi connectivity index (χ1n) is 11.0. The van der Waals surface area contributed by atoms with E-state index in [-0.39, 0.29) is 24.2 Å². The van der Waals surface area contributed by atoms with Crippen LogP contribution in [0.4, 0.5) is 10.1 Å². The Morgan fingerprint density at radius 3 is 2.06 bits per heavy atom. The molecule has 0 heterocycles. The molecular weight excluding hydrogens is 475 g/mol. The minimum absolute atomic E-state index is 0.0643. The van der Waals surface area contributed by atoms with Gasteiger partial charge in [-0.05, 0) is 62.7 Å². The van der Waals surface area contributed by atoms with Crippen molar-refractivity contribution in [2.75, 3.05) is 32.1 Å². The summed E-state index contributed by atoms with van der Waals surface area (Å²) in [7, 11) is 0.114. The number of nitrogens with zero attached hydrogens (tertiary/aromatic N) is 3. The summed E-state index contributed by atoms with van der Waals surface area (Å²) in [6.07, 6.45) is 0. The number of halogens is 1. The Labute approximate surface area is 206 Å². The summed E-state index contributed by atoms with van der Waals surface area (Å²) in [5.74, 6) is -0.869. The molecule has 35 heavy (non-hydrogen) atoms. The van der Waals surface area contributed by atoms with Crippen molar-refractivity contribution in [3.05, 3.63) is 59.9 Å². The van der Waals surface area contributed by atoms with Gasteiger partial charge in [-0.1, -0.05) is 12.1 Å². The van der Waals surface area contributed by atoms with Crippen LogP contribution in [-0.2, 0) is 26.3 Å². The molecule has 2 rings (SSSR count). The number of benzene rings is 2. The van der Waals surface area contributed by atoms with Gasteiger partial charge in [-0.3, -0.25) is 9.59 Å². The number of hydrogen-bond acceptors (Lipinski definition) is 5. The van der Waals surface area contributed by atoms with Gasteiger partial charge in [0.25, 0.3) is 0 Å². The van der Waals surface area contributed by atoms with Crippen molar-refractivity contribution in [2.45, 2.75) is 39.4 Å². The summed E-state index contributed by atoms with van der Waals surface area (Å²) in [6.45, 7) is 4.68. The number of rotatable bonds is 11. The molecule has 2 amide bonds. The number of hydrogen-bond donors (Lipinski definition) is 1. The zero-order chi connectivity index (χ0) is 26.3. The number of nitrogens with one attached hydrogen (secondary N) is 1. The van der Waals surface area contributed by atoms with Gasteiger partial charge in [0, 0.05) is 26.7 Å². The zero-order valence-electron chi connectivity index (χ0n) is 20.9. The van der Waals surface area contributed by atoms with E-state index in [1.54, 1.807) is 52.1 Å². The lowest BCUT2D eigenvalue weighted by atomic mass is 10.1. The molecule has 0 saturated carbocycles. The average molecular weight is 509 g/mol. The van der Waals surface area contributed by atoms with Crippen LogP contribution in [0.3, 0.4) is 0 Å². The van der Waals surface area contributed by atoms with Gasteiger partial charge in [-0.15, -0.1) is 0 Å². The first-order chi connectivity index (χ1) is 16.4. The van der Waals surface area contributed by atoms with Gasteiger partial charge in [0.2, 0.25) is 11.8 Å². The number of carbonyl (C=O) groups is 2. The maximum atomic E-state index is 13.5. The Balaban J connectivity index is 2.43. The van der Waals surface area contributed by atoms with E-state index in [1.807, 2.05) is 0 Å². The second-order valence-corrected chi connectivity index (χ2v) is 10.5. The van der Waals surface area contributed by atoms with E-state index >= 15 is 0 Å². The van der Waals surface area contributed by atoms with Crippen LogP contribution in [0.15, 0.2) is 48.5 Å². The van der Waals surface area contributed by atoms with E-state index in [1.165, 1.54) is 31.1 Å². The summed E-state index contributed by atoms with van der Waals surface area (Å²) in [5.41, 5.74) is 0.851. The summed E-state index contributed by atoms with van der Waals surface area (Å²) in [4.78, 5) is 27.6. The second kappa shape index (κ2) is 12.0. The third kappa shape index (κ3) is 7.40.